The Morgan fingerprint density at radius 1 is 1.04 bits per heavy atom. The zero-order valence-electron chi connectivity index (χ0n) is 16.7. The topological polar surface area (TPSA) is 45.6 Å². The van der Waals surface area contributed by atoms with Gasteiger partial charge in [-0.05, 0) is 35.6 Å². The summed E-state index contributed by atoms with van der Waals surface area (Å²) in [6.45, 7) is 8.76. The predicted molar refractivity (Wildman–Crippen MR) is 107 cm³/mol. The van der Waals surface area contributed by atoms with Gasteiger partial charge < -0.3 is 14.4 Å². The van der Waals surface area contributed by atoms with Crippen molar-refractivity contribution in [2.45, 2.75) is 33.1 Å². The number of aromatic nitrogens is 1. The molecule has 1 aromatic heterocycles. The molecule has 27 heavy (non-hydrogen) atoms. The van der Waals surface area contributed by atoms with Gasteiger partial charge in [-0.15, -0.1) is 0 Å². The van der Waals surface area contributed by atoms with Crippen molar-refractivity contribution in [3.63, 3.8) is 0 Å². The van der Waals surface area contributed by atoms with Crippen molar-refractivity contribution in [1.82, 2.24) is 14.4 Å². The van der Waals surface area contributed by atoms with E-state index in [9.17, 15) is 9.59 Å². The Morgan fingerprint density at radius 2 is 1.70 bits per heavy atom. The number of hydrogen-bond donors (Lipinski definition) is 0. The maximum absolute atomic E-state index is 12.8. The molecule has 0 aliphatic carbocycles. The monoisotopic (exact) mass is 367 g/mol. The molecule has 3 rings (SSSR count). The molecule has 1 saturated heterocycles. The van der Waals surface area contributed by atoms with Gasteiger partial charge in [-0.1, -0.05) is 32.0 Å². The lowest BCUT2D eigenvalue weighted by Crippen LogP contribution is -2.51. The lowest BCUT2D eigenvalue weighted by Gasteiger charge is -2.35. The number of piperazine rings is 1. The van der Waals surface area contributed by atoms with E-state index >= 15 is 0 Å². The van der Waals surface area contributed by atoms with Crippen LogP contribution in [0.25, 0.3) is 0 Å². The second-order valence-electron chi connectivity index (χ2n) is 7.76. The second-order valence-corrected chi connectivity index (χ2v) is 7.76. The van der Waals surface area contributed by atoms with Crippen LogP contribution in [0.4, 0.5) is 0 Å². The summed E-state index contributed by atoms with van der Waals surface area (Å²) in [6, 6.07) is 8.24. The SMILES string of the molecule is Cc1ccc(C(C)C)cc1CC(=O)N1CCN(C(=O)c2ccn(C)c2)CC1. The fourth-order valence-electron chi connectivity index (χ4n) is 3.49. The van der Waals surface area contributed by atoms with Crippen molar-refractivity contribution in [2.24, 2.45) is 7.05 Å². The Kier molecular flexibility index (Phi) is 5.68. The Bertz CT molecular complexity index is 830. The lowest BCUT2D eigenvalue weighted by atomic mass is 9.96. The minimum atomic E-state index is 0.0446. The molecule has 0 N–H and O–H groups in total. The number of carbonyl (C=O) groups is 2. The number of aryl methyl sites for hydroxylation is 2. The molecule has 0 spiro atoms. The van der Waals surface area contributed by atoms with E-state index in [-0.39, 0.29) is 11.8 Å². The third-order valence-electron chi connectivity index (χ3n) is 5.38. The minimum Gasteiger partial charge on any atom is -0.356 e. The Hall–Kier alpha value is -2.56. The summed E-state index contributed by atoms with van der Waals surface area (Å²) in [5, 5.41) is 0. The molecule has 0 saturated carbocycles. The van der Waals surface area contributed by atoms with Crippen LogP contribution in [0.1, 0.15) is 46.8 Å². The molecule has 1 aromatic carbocycles. The van der Waals surface area contributed by atoms with Crippen molar-refractivity contribution < 1.29 is 9.59 Å². The average molecular weight is 367 g/mol. The fraction of sp³-hybridized carbons (Fsp3) is 0.455. The smallest absolute Gasteiger partial charge is 0.255 e. The summed E-state index contributed by atoms with van der Waals surface area (Å²) < 4.78 is 1.88. The van der Waals surface area contributed by atoms with Crippen LogP contribution < -0.4 is 0 Å². The third-order valence-corrected chi connectivity index (χ3v) is 5.38. The van der Waals surface area contributed by atoms with E-state index in [0.717, 1.165) is 11.1 Å². The Morgan fingerprint density at radius 3 is 2.30 bits per heavy atom. The van der Waals surface area contributed by atoms with Crippen LogP contribution in [0.5, 0.6) is 0 Å². The van der Waals surface area contributed by atoms with Crippen LogP contribution in [0, 0.1) is 6.92 Å². The third kappa shape index (κ3) is 4.41. The predicted octanol–water partition coefficient (Wildman–Crippen LogP) is 2.98. The molecule has 2 aromatic rings. The number of nitrogens with zero attached hydrogens (tertiary/aromatic N) is 3. The zero-order chi connectivity index (χ0) is 19.6. The summed E-state index contributed by atoms with van der Waals surface area (Å²) >= 11 is 0. The number of carbonyl (C=O) groups excluding carboxylic acids is 2. The van der Waals surface area contributed by atoms with Gasteiger partial charge in [-0.25, -0.2) is 0 Å². The maximum Gasteiger partial charge on any atom is 0.255 e. The highest BCUT2D eigenvalue weighted by Crippen LogP contribution is 2.20. The molecular formula is C22H29N3O2. The molecular weight excluding hydrogens is 338 g/mol. The van der Waals surface area contributed by atoms with Crippen molar-refractivity contribution in [2.75, 3.05) is 26.2 Å². The Balaban J connectivity index is 1.59. The van der Waals surface area contributed by atoms with Crippen LogP contribution in [0.3, 0.4) is 0 Å². The summed E-state index contributed by atoms with van der Waals surface area (Å²) in [6.07, 6.45) is 4.14. The van der Waals surface area contributed by atoms with Gasteiger partial charge in [0, 0.05) is 45.6 Å². The zero-order valence-corrected chi connectivity index (χ0v) is 16.7. The fourth-order valence-corrected chi connectivity index (χ4v) is 3.49. The van der Waals surface area contributed by atoms with Gasteiger partial charge in [0.1, 0.15) is 0 Å². The first-order chi connectivity index (χ1) is 12.8. The summed E-state index contributed by atoms with van der Waals surface area (Å²) in [5.41, 5.74) is 4.24. The molecule has 0 atom stereocenters. The highest BCUT2D eigenvalue weighted by molar-refractivity contribution is 5.94. The molecule has 0 radical (unpaired) electrons. The van der Waals surface area contributed by atoms with E-state index in [0.29, 0.717) is 44.1 Å². The molecule has 2 amide bonds. The number of benzene rings is 1. The molecule has 144 valence electrons. The minimum absolute atomic E-state index is 0.0446. The van der Waals surface area contributed by atoms with Crippen LogP contribution in [-0.4, -0.2) is 52.4 Å². The van der Waals surface area contributed by atoms with Crippen molar-refractivity contribution in [3.05, 3.63) is 58.9 Å². The number of hydrogen-bond acceptors (Lipinski definition) is 2. The molecule has 1 aliphatic rings. The van der Waals surface area contributed by atoms with Gasteiger partial charge in [0.15, 0.2) is 0 Å². The molecule has 1 fully saturated rings. The number of amides is 2. The first kappa shape index (κ1) is 19.2. The summed E-state index contributed by atoms with van der Waals surface area (Å²) in [5.74, 6) is 0.640. The largest absolute Gasteiger partial charge is 0.356 e. The summed E-state index contributed by atoms with van der Waals surface area (Å²) in [4.78, 5) is 29.0. The summed E-state index contributed by atoms with van der Waals surface area (Å²) in [7, 11) is 1.91. The average Bonchev–Trinajstić information content (AvgIpc) is 3.09. The quantitative estimate of drug-likeness (QED) is 0.834. The van der Waals surface area contributed by atoms with Crippen molar-refractivity contribution in [3.8, 4) is 0 Å². The van der Waals surface area contributed by atoms with E-state index in [1.807, 2.05) is 39.9 Å². The standard InChI is InChI=1S/C22H29N3O2/c1-16(2)18-6-5-17(3)20(13-18)14-21(26)24-9-11-25(12-10-24)22(27)19-7-8-23(4)15-19/h5-8,13,15-16H,9-12,14H2,1-4H3. The highest BCUT2D eigenvalue weighted by atomic mass is 16.2. The first-order valence-corrected chi connectivity index (χ1v) is 9.63. The molecule has 2 heterocycles. The van der Waals surface area contributed by atoms with Crippen molar-refractivity contribution in [1.29, 1.82) is 0 Å². The highest BCUT2D eigenvalue weighted by Gasteiger charge is 2.25. The maximum atomic E-state index is 12.8. The van der Waals surface area contributed by atoms with Crippen molar-refractivity contribution >= 4 is 11.8 Å². The van der Waals surface area contributed by atoms with Gasteiger partial charge in [-0.2, -0.15) is 0 Å². The van der Waals surface area contributed by atoms with Crippen LogP contribution >= 0.6 is 0 Å². The van der Waals surface area contributed by atoms with Gasteiger partial charge in [0.05, 0.1) is 12.0 Å². The second kappa shape index (κ2) is 7.99. The first-order valence-electron chi connectivity index (χ1n) is 9.63. The van der Waals surface area contributed by atoms with E-state index in [1.165, 1.54) is 5.56 Å². The van der Waals surface area contributed by atoms with E-state index in [1.54, 1.807) is 0 Å². The Labute approximate surface area is 161 Å². The van der Waals surface area contributed by atoms with Gasteiger partial charge in [0.25, 0.3) is 5.91 Å². The van der Waals surface area contributed by atoms with Crippen LogP contribution in [0.15, 0.2) is 36.7 Å². The van der Waals surface area contributed by atoms with E-state index in [4.69, 9.17) is 0 Å². The number of rotatable bonds is 4. The van der Waals surface area contributed by atoms with Gasteiger partial charge in [0.2, 0.25) is 5.91 Å². The van der Waals surface area contributed by atoms with Crippen LogP contribution in [-0.2, 0) is 18.3 Å². The van der Waals surface area contributed by atoms with E-state index < -0.39 is 0 Å². The normalized spacial score (nSPS) is 14.7. The molecule has 5 heteroatoms. The molecule has 0 bridgehead atoms. The van der Waals surface area contributed by atoms with E-state index in [2.05, 4.69) is 39.0 Å². The van der Waals surface area contributed by atoms with Gasteiger partial charge in [-0.3, -0.25) is 9.59 Å². The molecule has 5 nitrogen and oxygen atoms in total. The van der Waals surface area contributed by atoms with Gasteiger partial charge >= 0.3 is 0 Å². The molecule has 1 aliphatic heterocycles. The molecule has 0 unspecified atom stereocenters. The van der Waals surface area contributed by atoms with Crippen LogP contribution in [0.2, 0.25) is 0 Å². The lowest BCUT2D eigenvalue weighted by molar-refractivity contribution is -0.131.